The molecule has 0 radical (unpaired) electrons. The van der Waals surface area contributed by atoms with E-state index in [1.165, 1.54) is 11.8 Å². The summed E-state index contributed by atoms with van der Waals surface area (Å²) in [7, 11) is 0. The Bertz CT molecular complexity index is 731. The molecule has 9 heteroatoms. The van der Waals surface area contributed by atoms with E-state index in [9.17, 15) is 27.6 Å². The lowest BCUT2D eigenvalue weighted by Gasteiger charge is -2.22. The van der Waals surface area contributed by atoms with Crippen LogP contribution in [0.15, 0.2) is 36.5 Å². The molecule has 0 spiro atoms. The Morgan fingerprint density at radius 3 is 2.46 bits per heavy atom. The van der Waals surface area contributed by atoms with E-state index < -0.39 is 23.9 Å². The van der Waals surface area contributed by atoms with Gasteiger partial charge in [-0.3, -0.25) is 14.4 Å². The molecule has 2 rings (SSSR count). The van der Waals surface area contributed by atoms with Crippen LogP contribution in [0.2, 0.25) is 0 Å². The van der Waals surface area contributed by atoms with Gasteiger partial charge >= 0.3 is 6.18 Å². The van der Waals surface area contributed by atoms with Gasteiger partial charge in [-0.1, -0.05) is 6.07 Å². The zero-order valence-corrected chi connectivity index (χ0v) is 14.0. The van der Waals surface area contributed by atoms with Crippen LogP contribution >= 0.6 is 0 Å². The van der Waals surface area contributed by atoms with E-state index in [1.54, 1.807) is 24.3 Å². The molecular formula is C17H18F3N3O3. The van der Waals surface area contributed by atoms with Crippen molar-refractivity contribution in [2.75, 3.05) is 17.2 Å². The highest BCUT2D eigenvalue weighted by atomic mass is 19.4. The topological polar surface area (TPSA) is 78.5 Å². The van der Waals surface area contributed by atoms with Crippen molar-refractivity contribution in [1.82, 2.24) is 4.90 Å². The lowest BCUT2D eigenvalue weighted by Crippen LogP contribution is -2.36. The summed E-state index contributed by atoms with van der Waals surface area (Å²) in [5.41, 5.74) is 0.956. The number of hydrogen-bond donors (Lipinski definition) is 2. The van der Waals surface area contributed by atoms with Crippen LogP contribution in [-0.4, -0.2) is 41.3 Å². The largest absolute Gasteiger partial charge is 0.454 e. The predicted octanol–water partition coefficient (Wildman–Crippen LogP) is 2.69. The quantitative estimate of drug-likeness (QED) is 0.783. The molecule has 1 saturated heterocycles. The molecule has 1 heterocycles. The van der Waals surface area contributed by atoms with Crippen molar-refractivity contribution in [2.24, 2.45) is 0 Å². The second kappa shape index (κ2) is 8.03. The molecule has 1 atom stereocenters. The van der Waals surface area contributed by atoms with Crippen LogP contribution in [0.5, 0.6) is 0 Å². The summed E-state index contributed by atoms with van der Waals surface area (Å²) >= 11 is 0. The van der Waals surface area contributed by atoms with E-state index in [1.807, 2.05) is 0 Å². The fraction of sp³-hybridized carbons (Fsp3) is 0.353. The Morgan fingerprint density at radius 1 is 1.19 bits per heavy atom. The monoisotopic (exact) mass is 369 g/mol. The molecule has 0 aromatic heterocycles. The number of likely N-dealkylation sites (tertiary alicyclic amines) is 1. The minimum atomic E-state index is -4.93. The van der Waals surface area contributed by atoms with Crippen LogP contribution in [0.25, 0.3) is 0 Å². The second-order valence-corrected chi connectivity index (χ2v) is 5.82. The van der Waals surface area contributed by atoms with Crippen molar-refractivity contribution in [3.05, 3.63) is 36.5 Å². The average molecular weight is 369 g/mol. The lowest BCUT2D eigenvalue weighted by atomic mass is 10.2. The summed E-state index contributed by atoms with van der Waals surface area (Å²) in [5.74, 6) is -2.62. The first-order valence-electron chi connectivity index (χ1n) is 7.90. The van der Waals surface area contributed by atoms with E-state index in [0.29, 0.717) is 36.8 Å². The number of halogens is 3. The number of nitrogens with one attached hydrogen (secondary N) is 2. The summed E-state index contributed by atoms with van der Waals surface area (Å²) in [4.78, 5) is 35.8. The third kappa shape index (κ3) is 5.33. The van der Waals surface area contributed by atoms with E-state index in [2.05, 4.69) is 10.6 Å². The number of carbonyl (C=O) groups is 3. The number of anilines is 2. The Balaban J connectivity index is 2.03. The van der Waals surface area contributed by atoms with Gasteiger partial charge in [-0.05, 0) is 31.0 Å². The van der Waals surface area contributed by atoms with Gasteiger partial charge in [-0.2, -0.15) is 13.2 Å². The van der Waals surface area contributed by atoms with E-state index in [0.717, 1.165) is 6.20 Å². The van der Waals surface area contributed by atoms with Gasteiger partial charge in [0.2, 0.25) is 11.8 Å². The SMILES string of the molecule is CC(=O)Nc1cccc(NC(=O)C2CCCN2/C=C/C(=O)C(F)(F)F)c1. The van der Waals surface area contributed by atoms with Crippen molar-refractivity contribution in [2.45, 2.75) is 32.0 Å². The fourth-order valence-corrected chi connectivity index (χ4v) is 2.61. The number of nitrogens with zero attached hydrogens (tertiary/aromatic N) is 1. The maximum atomic E-state index is 12.4. The van der Waals surface area contributed by atoms with Gasteiger partial charge in [0, 0.05) is 37.1 Å². The third-order valence-corrected chi connectivity index (χ3v) is 3.74. The highest BCUT2D eigenvalue weighted by Gasteiger charge is 2.37. The van der Waals surface area contributed by atoms with Crippen molar-refractivity contribution in [3.63, 3.8) is 0 Å². The molecule has 0 aliphatic carbocycles. The normalized spacial score (nSPS) is 17.4. The number of ketones is 1. The van der Waals surface area contributed by atoms with Gasteiger partial charge in [-0.25, -0.2) is 0 Å². The number of allylic oxidation sites excluding steroid dienone is 1. The summed E-state index contributed by atoms with van der Waals surface area (Å²) in [6.07, 6.45) is -2.40. The molecule has 1 aromatic rings. The minimum absolute atomic E-state index is 0.255. The Labute approximate surface area is 148 Å². The first-order valence-corrected chi connectivity index (χ1v) is 7.90. The molecule has 1 fully saturated rings. The lowest BCUT2D eigenvalue weighted by molar-refractivity contribution is -0.165. The first-order chi connectivity index (χ1) is 12.2. The molecule has 1 aliphatic rings. The molecule has 26 heavy (non-hydrogen) atoms. The number of carbonyl (C=O) groups excluding carboxylic acids is 3. The Kier molecular flexibility index (Phi) is 6.01. The maximum absolute atomic E-state index is 12.4. The predicted molar refractivity (Wildman–Crippen MR) is 89.3 cm³/mol. The molecule has 2 amide bonds. The molecule has 140 valence electrons. The standard InChI is InChI=1S/C17H18F3N3O3/c1-11(24)21-12-4-2-5-13(10-12)22-16(26)14-6-3-8-23(14)9-7-15(25)17(18,19)20/h2,4-5,7,9-10,14H,3,6,8H2,1H3,(H,21,24)(H,22,26)/b9-7+. The van der Waals surface area contributed by atoms with Crippen LogP contribution in [0.3, 0.4) is 0 Å². The number of benzene rings is 1. The molecule has 1 unspecified atom stereocenters. The third-order valence-electron chi connectivity index (χ3n) is 3.74. The number of amides is 2. The van der Waals surface area contributed by atoms with Crippen molar-refractivity contribution in [3.8, 4) is 0 Å². The molecule has 1 aromatic carbocycles. The minimum Gasteiger partial charge on any atom is -0.365 e. The molecule has 6 nitrogen and oxygen atoms in total. The second-order valence-electron chi connectivity index (χ2n) is 5.82. The van der Waals surface area contributed by atoms with Gasteiger partial charge in [0.25, 0.3) is 5.78 Å². The van der Waals surface area contributed by atoms with Crippen LogP contribution in [-0.2, 0) is 14.4 Å². The van der Waals surface area contributed by atoms with E-state index in [4.69, 9.17) is 0 Å². The van der Waals surface area contributed by atoms with Gasteiger partial charge in [0.1, 0.15) is 6.04 Å². The summed E-state index contributed by atoms with van der Waals surface area (Å²) in [6.45, 7) is 1.74. The van der Waals surface area contributed by atoms with Crippen molar-refractivity contribution < 1.29 is 27.6 Å². The molecular weight excluding hydrogens is 351 g/mol. The van der Waals surface area contributed by atoms with Crippen molar-refractivity contribution >= 4 is 29.0 Å². The first kappa shape index (κ1) is 19.5. The van der Waals surface area contributed by atoms with Crippen molar-refractivity contribution in [1.29, 1.82) is 0 Å². The van der Waals surface area contributed by atoms with Gasteiger partial charge < -0.3 is 15.5 Å². The molecule has 2 N–H and O–H groups in total. The average Bonchev–Trinajstić information content (AvgIpc) is 2.99. The van der Waals surface area contributed by atoms with E-state index in [-0.39, 0.29) is 5.91 Å². The zero-order chi connectivity index (χ0) is 19.3. The number of hydrogen-bond acceptors (Lipinski definition) is 4. The smallest absolute Gasteiger partial charge is 0.365 e. The van der Waals surface area contributed by atoms with E-state index >= 15 is 0 Å². The summed E-state index contributed by atoms with van der Waals surface area (Å²) in [5, 5.41) is 5.26. The summed E-state index contributed by atoms with van der Waals surface area (Å²) < 4.78 is 36.8. The number of rotatable bonds is 5. The van der Waals surface area contributed by atoms with Gasteiger partial charge in [0.05, 0.1) is 0 Å². The van der Waals surface area contributed by atoms with Gasteiger partial charge in [0.15, 0.2) is 0 Å². The highest BCUT2D eigenvalue weighted by molar-refractivity contribution is 5.97. The highest BCUT2D eigenvalue weighted by Crippen LogP contribution is 2.22. The Morgan fingerprint density at radius 2 is 1.85 bits per heavy atom. The molecule has 0 saturated carbocycles. The zero-order valence-electron chi connectivity index (χ0n) is 14.0. The number of alkyl halides is 3. The van der Waals surface area contributed by atoms with Gasteiger partial charge in [-0.15, -0.1) is 0 Å². The van der Waals surface area contributed by atoms with Crippen LogP contribution < -0.4 is 10.6 Å². The van der Waals surface area contributed by atoms with Crippen LogP contribution in [0.1, 0.15) is 19.8 Å². The maximum Gasteiger partial charge on any atom is 0.454 e. The van der Waals surface area contributed by atoms with Crippen LogP contribution in [0.4, 0.5) is 24.5 Å². The fourth-order valence-electron chi connectivity index (χ4n) is 2.61. The van der Waals surface area contributed by atoms with Crippen LogP contribution in [0, 0.1) is 0 Å². The molecule has 0 bridgehead atoms. The Hall–Kier alpha value is -2.84. The summed E-state index contributed by atoms with van der Waals surface area (Å²) in [6, 6.07) is 5.84. The molecule has 1 aliphatic heterocycles.